The van der Waals surface area contributed by atoms with E-state index in [0.29, 0.717) is 31.0 Å². The molecule has 108 valence electrons. The van der Waals surface area contributed by atoms with Crippen LogP contribution in [0.1, 0.15) is 10.4 Å². The van der Waals surface area contributed by atoms with E-state index in [1.807, 2.05) is 0 Å². The predicted octanol–water partition coefficient (Wildman–Crippen LogP) is 1.10. The Labute approximate surface area is 113 Å². The molecule has 2 atom stereocenters. The number of nitrogens with zero attached hydrogens (tertiary/aromatic N) is 1. The number of phenols is 1. The van der Waals surface area contributed by atoms with Gasteiger partial charge < -0.3 is 15.3 Å². The van der Waals surface area contributed by atoms with Gasteiger partial charge in [0.25, 0.3) is 5.91 Å². The fraction of sp³-hybridized carbons (Fsp3) is 0.462. The van der Waals surface area contributed by atoms with Crippen LogP contribution in [0, 0.1) is 29.3 Å². The summed E-state index contributed by atoms with van der Waals surface area (Å²) in [5, 5.41) is 12.3. The quantitative estimate of drug-likeness (QED) is 0.760. The Morgan fingerprint density at radius 1 is 1.20 bits per heavy atom. The number of rotatable bonds is 1. The highest BCUT2D eigenvalue weighted by atomic mass is 19.2. The van der Waals surface area contributed by atoms with Crippen LogP contribution in [0.5, 0.6) is 5.75 Å². The standard InChI is InChI=1S/C13H13F3N2O2/c14-9-1-8(10(15)12(19)11(9)16)13(20)18-4-6-2-17-3-7(6)5-18/h1,6-7,17,19H,2-5H2. The summed E-state index contributed by atoms with van der Waals surface area (Å²) in [7, 11) is 0. The van der Waals surface area contributed by atoms with Crippen LogP contribution in [-0.4, -0.2) is 42.1 Å². The zero-order valence-corrected chi connectivity index (χ0v) is 10.5. The SMILES string of the molecule is O=C(c1cc(F)c(F)c(O)c1F)N1CC2CNCC2C1. The molecule has 0 spiro atoms. The van der Waals surface area contributed by atoms with Crippen molar-refractivity contribution in [3.63, 3.8) is 0 Å². The third-order valence-corrected chi connectivity index (χ3v) is 4.04. The second-order valence-electron chi connectivity index (χ2n) is 5.27. The third kappa shape index (κ3) is 1.93. The number of carbonyl (C=O) groups is 1. The monoisotopic (exact) mass is 286 g/mol. The van der Waals surface area contributed by atoms with Crippen LogP contribution in [0.2, 0.25) is 0 Å². The van der Waals surface area contributed by atoms with E-state index in [1.165, 1.54) is 4.90 Å². The lowest BCUT2D eigenvalue weighted by molar-refractivity contribution is 0.0775. The summed E-state index contributed by atoms with van der Waals surface area (Å²) in [6.07, 6.45) is 0. The maximum Gasteiger partial charge on any atom is 0.257 e. The van der Waals surface area contributed by atoms with Crippen LogP contribution in [0.15, 0.2) is 6.07 Å². The number of aromatic hydroxyl groups is 1. The van der Waals surface area contributed by atoms with Crippen molar-refractivity contribution in [3.05, 3.63) is 29.1 Å². The number of likely N-dealkylation sites (tertiary alicyclic amines) is 1. The average molecular weight is 286 g/mol. The molecular formula is C13H13F3N2O2. The summed E-state index contributed by atoms with van der Waals surface area (Å²) in [4.78, 5) is 13.6. The molecule has 0 saturated carbocycles. The predicted molar refractivity (Wildman–Crippen MR) is 63.7 cm³/mol. The number of halogens is 3. The Morgan fingerprint density at radius 2 is 1.80 bits per heavy atom. The van der Waals surface area contributed by atoms with E-state index < -0.39 is 34.7 Å². The molecule has 2 aliphatic rings. The summed E-state index contributed by atoms with van der Waals surface area (Å²) in [5.41, 5.74) is -0.630. The number of fused-ring (bicyclic) bond motifs is 1. The molecule has 0 aliphatic carbocycles. The molecule has 2 fully saturated rings. The highest BCUT2D eigenvalue weighted by Gasteiger charge is 2.39. The van der Waals surface area contributed by atoms with E-state index in [-0.39, 0.29) is 0 Å². The molecule has 0 aromatic heterocycles. The van der Waals surface area contributed by atoms with Crippen LogP contribution in [0.4, 0.5) is 13.2 Å². The Kier molecular flexibility index (Phi) is 3.08. The van der Waals surface area contributed by atoms with E-state index in [1.54, 1.807) is 0 Å². The fourth-order valence-corrected chi connectivity index (χ4v) is 2.94. The topological polar surface area (TPSA) is 52.6 Å². The van der Waals surface area contributed by atoms with Gasteiger partial charge >= 0.3 is 0 Å². The van der Waals surface area contributed by atoms with Gasteiger partial charge in [-0.15, -0.1) is 0 Å². The van der Waals surface area contributed by atoms with Gasteiger partial charge in [0.2, 0.25) is 5.82 Å². The van der Waals surface area contributed by atoms with Crippen molar-refractivity contribution in [2.45, 2.75) is 0 Å². The van der Waals surface area contributed by atoms with Gasteiger partial charge in [0.1, 0.15) is 0 Å². The van der Waals surface area contributed by atoms with Crippen molar-refractivity contribution in [2.24, 2.45) is 11.8 Å². The van der Waals surface area contributed by atoms with Gasteiger partial charge in [-0.25, -0.2) is 8.78 Å². The van der Waals surface area contributed by atoms with Gasteiger partial charge in [0.05, 0.1) is 5.56 Å². The highest BCUT2D eigenvalue weighted by Crippen LogP contribution is 2.30. The average Bonchev–Trinajstić information content (AvgIpc) is 3.00. The number of carbonyl (C=O) groups excluding carboxylic acids is 1. The van der Waals surface area contributed by atoms with Crippen LogP contribution in [0.3, 0.4) is 0 Å². The first-order valence-corrected chi connectivity index (χ1v) is 6.35. The molecule has 2 N–H and O–H groups in total. The van der Waals surface area contributed by atoms with Crippen molar-refractivity contribution in [1.82, 2.24) is 10.2 Å². The molecule has 2 saturated heterocycles. The lowest BCUT2D eigenvalue weighted by atomic mass is 10.0. The molecule has 1 aromatic carbocycles. The van der Waals surface area contributed by atoms with Crippen LogP contribution >= 0.6 is 0 Å². The van der Waals surface area contributed by atoms with Crippen molar-refractivity contribution >= 4 is 5.91 Å². The smallest absolute Gasteiger partial charge is 0.257 e. The molecule has 1 amide bonds. The second-order valence-corrected chi connectivity index (χ2v) is 5.27. The first-order valence-electron chi connectivity index (χ1n) is 6.35. The van der Waals surface area contributed by atoms with E-state index in [2.05, 4.69) is 5.32 Å². The molecule has 0 radical (unpaired) electrons. The van der Waals surface area contributed by atoms with Gasteiger partial charge in [-0.1, -0.05) is 0 Å². The van der Waals surface area contributed by atoms with Crippen molar-refractivity contribution < 1.29 is 23.1 Å². The lowest BCUT2D eigenvalue weighted by Gasteiger charge is -2.18. The van der Waals surface area contributed by atoms with Crippen molar-refractivity contribution in [3.8, 4) is 5.75 Å². The normalized spacial score (nSPS) is 25.1. The number of hydrogen-bond acceptors (Lipinski definition) is 3. The number of hydrogen-bond donors (Lipinski definition) is 2. The fourth-order valence-electron chi connectivity index (χ4n) is 2.94. The summed E-state index contributed by atoms with van der Waals surface area (Å²) in [6.45, 7) is 2.49. The molecule has 7 heteroatoms. The highest BCUT2D eigenvalue weighted by molar-refractivity contribution is 5.95. The molecule has 4 nitrogen and oxygen atoms in total. The Bertz CT molecular complexity index is 567. The van der Waals surface area contributed by atoms with Crippen molar-refractivity contribution in [2.75, 3.05) is 26.2 Å². The zero-order chi connectivity index (χ0) is 14.4. The lowest BCUT2D eigenvalue weighted by Crippen LogP contribution is -2.32. The zero-order valence-electron chi connectivity index (χ0n) is 10.5. The van der Waals surface area contributed by atoms with Gasteiger partial charge in [0.15, 0.2) is 17.4 Å². The minimum absolute atomic E-state index is 0.306. The second kappa shape index (κ2) is 4.66. The molecule has 0 bridgehead atoms. The Balaban J connectivity index is 1.88. The minimum Gasteiger partial charge on any atom is -0.503 e. The molecule has 2 heterocycles. The number of amides is 1. The van der Waals surface area contributed by atoms with Crippen LogP contribution in [0.25, 0.3) is 0 Å². The van der Waals surface area contributed by atoms with E-state index >= 15 is 0 Å². The maximum atomic E-state index is 13.7. The first kappa shape index (κ1) is 13.2. The first-order chi connectivity index (χ1) is 9.49. The Morgan fingerprint density at radius 3 is 2.40 bits per heavy atom. The molecule has 20 heavy (non-hydrogen) atoms. The summed E-state index contributed by atoms with van der Waals surface area (Å²) < 4.78 is 39.9. The van der Waals surface area contributed by atoms with Gasteiger partial charge in [-0.2, -0.15) is 4.39 Å². The van der Waals surface area contributed by atoms with E-state index in [4.69, 9.17) is 5.11 Å². The van der Waals surface area contributed by atoms with Gasteiger partial charge in [-0.05, 0) is 17.9 Å². The number of benzene rings is 1. The van der Waals surface area contributed by atoms with Crippen LogP contribution in [-0.2, 0) is 0 Å². The molecule has 2 unspecified atom stereocenters. The number of nitrogens with one attached hydrogen (secondary N) is 1. The summed E-state index contributed by atoms with van der Waals surface area (Å²) in [6, 6.07) is 0.499. The maximum absolute atomic E-state index is 13.7. The largest absolute Gasteiger partial charge is 0.503 e. The number of phenolic OH excluding ortho intramolecular Hbond substituents is 1. The summed E-state index contributed by atoms with van der Waals surface area (Å²) >= 11 is 0. The van der Waals surface area contributed by atoms with Crippen LogP contribution < -0.4 is 5.32 Å². The minimum atomic E-state index is -1.68. The summed E-state index contributed by atoms with van der Waals surface area (Å²) in [5.74, 6) is -6.08. The molecule has 3 rings (SSSR count). The van der Waals surface area contributed by atoms with E-state index in [0.717, 1.165) is 13.1 Å². The van der Waals surface area contributed by atoms with Crippen molar-refractivity contribution in [1.29, 1.82) is 0 Å². The molecular weight excluding hydrogens is 273 g/mol. The van der Waals surface area contributed by atoms with Gasteiger partial charge in [-0.3, -0.25) is 4.79 Å². The van der Waals surface area contributed by atoms with E-state index in [9.17, 15) is 18.0 Å². The molecule has 1 aromatic rings. The van der Waals surface area contributed by atoms with Gasteiger partial charge in [0, 0.05) is 26.2 Å². The third-order valence-electron chi connectivity index (χ3n) is 4.04. The Hall–Kier alpha value is -1.76. The molecule has 2 aliphatic heterocycles.